The zero-order valence-corrected chi connectivity index (χ0v) is 7.04. The Morgan fingerprint density at radius 1 is 1.67 bits per heavy atom. The molecule has 1 rings (SSSR count). The summed E-state index contributed by atoms with van der Waals surface area (Å²) < 4.78 is 9.94. The monoisotopic (exact) mass is 172 g/mol. The fourth-order valence-electron chi connectivity index (χ4n) is 1.13. The van der Waals surface area contributed by atoms with E-state index in [-0.39, 0.29) is 17.9 Å². The zero-order chi connectivity index (χ0) is 8.97. The second-order valence-electron chi connectivity index (χ2n) is 2.80. The summed E-state index contributed by atoms with van der Waals surface area (Å²) in [6.07, 6.45) is 0.342. The van der Waals surface area contributed by atoms with E-state index in [0.717, 1.165) is 0 Å². The standard InChI is InChI=1S/C8H12O4/c1-6(9)12-8-4-7(10)2-3-11-5-8/h8H,2-5H2,1H3. The van der Waals surface area contributed by atoms with Crippen molar-refractivity contribution in [1.82, 2.24) is 0 Å². The first kappa shape index (κ1) is 9.19. The van der Waals surface area contributed by atoms with Crippen LogP contribution in [-0.2, 0) is 19.1 Å². The molecule has 4 nitrogen and oxygen atoms in total. The van der Waals surface area contributed by atoms with Gasteiger partial charge in [0.15, 0.2) is 0 Å². The van der Waals surface area contributed by atoms with Gasteiger partial charge in [0, 0.05) is 19.8 Å². The molecule has 1 saturated heterocycles. The first-order chi connectivity index (χ1) is 5.68. The highest BCUT2D eigenvalue weighted by Gasteiger charge is 2.20. The summed E-state index contributed by atoms with van der Waals surface area (Å²) in [7, 11) is 0. The summed E-state index contributed by atoms with van der Waals surface area (Å²) in [5.74, 6) is -0.267. The molecule has 1 heterocycles. The molecule has 0 bridgehead atoms. The largest absolute Gasteiger partial charge is 0.460 e. The predicted octanol–water partition coefficient (Wildman–Crippen LogP) is 0.298. The van der Waals surface area contributed by atoms with Gasteiger partial charge in [-0.3, -0.25) is 9.59 Å². The molecule has 68 valence electrons. The van der Waals surface area contributed by atoms with Crippen molar-refractivity contribution >= 4 is 11.8 Å². The van der Waals surface area contributed by atoms with Crippen molar-refractivity contribution < 1.29 is 19.1 Å². The Hall–Kier alpha value is -0.900. The van der Waals surface area contributed by atoms with Gasteiger partial charge >= 0.3 is 5.97 Å². The van der Waals surface area contributed by atoms with E-state index in [1.54, 1.807) is 0 Å². The number of ketones is 1. The number of carbonyl (C=O) groups is 2. The molecule has 0 radical (unpaired) electrons. The zero-order valence-electron chi connectivity index (χ0n) is 7.04. The Kier molecular flexibility index (Phi) is 3.22. The van der Waals surface area contributed by atoms with Crippen molar-refractivity contribution in [2.24, 2.45) is 0 Å². The Morgan fingerprint density at radius 2 is 2.42 bits per heavy atom. The fraction of sp³-hybridized carbons (Fsp3) is 0.750. The smallest absolute Gasteiger partial charge is 0.302 e. The molecule has 1 aliphatic rings. The Morgan fingerprint density at radius 3 is 3.08 bits per heavy atom. The van der Waals surface area contributed by atoms with Crippen molar-refractivity contribution in [1.29, 1.82) is 0 Å². The summed E-state index contributed by atoms with van der Waals surface area (Å²) >= 11 is 0. The first-order valence-electron chi connectivity index (χ1n) is 3.95. The lowest BCUT2D eigenvalue weighted by molar-refractivity contribution is -0.149. The molecular weight excluding hydrogens is 160 g/mol. The Labute approximate surface area is 70.8 Å². The molecule has 0 aromatic heterocycles. The van der Waals surface area contributed by atoms with Crippen LogP contribution in [0.3, 0.4) is 0 Å². The van der Waals surface area contributed by atoms with E-state index >= 15 is 0 Å². The predicted molar refractivity (Wildman–Crippen MR) is 40.6 cm³/mol. The van der Waals surface area contributed by atoms with E-state index in [1.165, 1.54) is 6.92 Å². The minimum absolute atomic E-state index is 0.0961. The summed E-state index contributed by atoms with van der Waals surface area (Å²) in [5, 5.41) is 0. The molecule has 0 spiro atoms. The number of Topliss-reactive ketones (excluding diaryl/α,β-unsaturated/α-hetero) is 1. The van der Waals surface area contributed by atoms with Crippen molar-refractivity contribution in [2.45, 2.75) is 25.9 Å². The molecule has 0 amide bonds. The normalized spacial score (nSPS) is 24.8. The van der Waals surface area contributed by atoms with E-state index < -0.39 is 0 Å². The van der Waals surface area contributed by atoms with Crippen LogP contribution >= 0.6 is 0 Å². The van der Waals surface area contributed by atoms with Crippen molar-refractivity contribution in [2.75, 3.05) is 13.2 Å². The highest BCUT2D eigenvalue weighted by molar-refractivity contribution is 5.79. The van der Waals surface area contributed by atoms with Gasteiger partial charge in [-0.15, -0.1) is 0 Å². The van der Waals surface area contributed by atoms with Crippen LogP contribution in [0.25, 0.3) is 0 Å². The summed E-state index contributed by atoms with van der Waals surface area (Å²) in [6, 6.07) is 0. The van der Waals surface area contributed by atoms with Crippen LogP contribution in [0, 0.1) is 0 Å². The highest BCUT2D eigenvalue weighted by Crippen LogP contribution is 2.07. The second kappa shape index (κ2) is 4.21. The van der Waals surface area contributed by atoms with Gasteiger partial charge in [-0.1, -0.05) is 0 Å². The van der Waals surface area contributed by atoms with Crippen LogP contribution in [0.5, 0.6) is 0 Å². The summed E-state index contributed by atoms with van der Waals surface area (Å²) in [6.45, 7) is 2.11. The number of esters is 1. The molecular formula is C8H12O4. The van der Waals surface area contributed by atoms with E-state index in [1.807, 2.05) is 0 Å². The van der Waals surface area contributed by atoms with E-state index in [4.69, 9.17) is 9.47 Å². The number of hydrogen-bond donors (Lipinski definition) is 0. The topological polar surface area (TPSA) is 52.6 Å². The third-order valence-electron chi connectivity index (χ3n) is 1.62. The molecule has 0 aliphatic carbocycles. The van der Waals surface area contributed by atoms with Crippen LogP contribution in [0.4, 0.5) is 0 Å². The third-order valence-corrected chi connectivity index (χ3v) is 1.62. The van der Waals surface area contributed by atoms with E-state index in [0.29, 0.717) is 26.1 Å². The van der Waals surface area contributed by atoms with Crippen molar-refractivity contribution in [3.63, 3.8) is 0 Å². The van der Waals surface area contributed by atoms with Gasteiger partial charge in [-0.2, -0.15) is 0 Å². The lowest BCUT2D eigenvalue weighted by Gasteiger charge is -2.12. The minimum atomic E-state index is -0.377. The lowest BCUT2D eigenvalue weighted by Crippen LogP contribution is -2.22. The maximum Gasteiger partial charge on any atom is 0.302 e. The highest BCUT2D eigenvalue weighted by atomic mass is 16.6. The third kappa shape index (κ3) is 3.00. The molecule has 0 aromatic carbocycles. The summed E-state index contributed by atoms with van der Waals surface area (Å²) in [4.78, 5) is 21.5. The van der Waals surface area contributed by atoms with Gasteiger partial charge in [0.25, 0.3) is 0 Å². The number of carbonyl (C=O) groups excluding carboxylic acids is 2. The SMILES string of the molecule is CC(=O)OC1COCCC(=O)C1. The average Bonchev–Trinajstić information content (AvgIpc) is 2.12. The molecule has 0 N–H and O–H groups in total. The van der Waals surface area contributed by atoms with Crippen LogP contribution < -0.4 is 0 Å². The summed E-state index contributed by atoms with van der Waals surface area (Å²) in [5.41, 5.74) is 0. The molecule has 1 fully saturated rings. The van der Waals surface area contributed by atoms with Gasteiger partial charge in [0.05, 0.1) is 13.2 Å². The second-order valence-corrected chi connectivity index (χ2v) is 2.80. The Bertz CT molecular complexity index is 187. The molecule has 1 unspecified atom stereocenters. The average molecular weight is 172 g/mol. The van der Waals surface area contributed by atoms with E-state index in [9.17, 15) is 9.59 Å². The minimum Gasteiger partial charge on any atom is -0.460 e. The van der Waals surface area contributed by atoms with Gasteiger partial charge in [0.2, 0.25) is 0 Å². The number of rotatable bonds is 1. The van der Waals surface area contributed by atoms with Gasteiger partial charge in [-0.25, -0.2) is 0 Å². The molecule has 12 heavy (non-hydrogen) atoms. The fourth-order valence-corrected chi connectivity index (χ4v) is 1.13. The molecule has 4 heteroatoms. The first-order valence-corrected chi connectivity index (χ1v) is 3.95. The van der Waals surface area contributed by atoms with Crippen LogP contribution in [0.2, 0.25) is 0 Å². The maximum absolute atomic E-state index is 11.0. The van der Waals surface area contributed by atoms with Crippen molar-refractivity contribution in [3.8, 4) is 0 Å². The number of hydrogen-bond acceptors (Lipinski definition) is 4. The van der Waals surface area contributed by atoms with Gasteiger partial charge in [-0.05, 0) is 0 Å². The number of ether oxygens (including phenoxy) is 2. The van der Waals surface area contributed by atoms with Crippen LogP contribution in [-0.4, -0.2) is 31.1 Å². The van der Waals surface area contributed by atoms with Gasteiger partial charge < -0.3 is 9.47 Å². The maximum atomic E-state index is 11.0. The van der Waals surface area contributed by atoms with Crippen LogP contribution in [0.15, 0.2) is 0 Å². The molecule has 0 saturated carbocycles. The quantitative estimate of drug-likeness (QED) is 0.534. The lowest BCUT2D eigenvalue weighted by atomic mass is 10.1. The molecule has 0 aromatic rings. The Balaban J connectivity index is 2.41. The van der Waals surface area contributed by atoms with Gasteiger partial charge in [0.1, 0.15) is 11.9 Å². The van der Waals surface area contributed by atoms with E-state index in [2.05, 4.69) is 0 Å². The van der Waals surface area contributed by atoms with Crippen LogP contribution in [0.1, 0.15) is 19.8 Å². The molecule has 1 atom stereocenters. The van der Waals surface area contributed by atoms with Crippen molar-refractivity contribution in [3.05, 3.63) is 0 Å². The molecule has 1 aliphatic heterocycles.